The van der Waals surface area contributed by atoms with Crippen molar-refractivity contribution in [2.45, 2.75) is 71.1 Å². The standard InChI is InChI=1S/C26H34O2/c1-3-5-19-28-26(27)25-17-15-24(16-18-25)23-13-11-22(12-14-23)21-9-7-20(6-4-2)8-10-21/h11-18,20-21H,3-10,19H2,1-2H3/t20-,21-. The quantitative estimate of drug-likeness (QED) is 0.354. The van der Waals surface area contributed by atoms with Gasteiger partial charge in [0.15, 0.2) is 0 Å². The Morgan fingerprint density at radius 2 is 1.46 bits per heavy atom. The Hall–Kier alpha value is -2.09. The van der Waals surface area contributed by atoms with E-state index in [0.29, 0.717) is 12.2 Å². The van der Waals surface area contributed by atoms with Crippen LogP contribution in [0.15, 0.2) is 48.5 Å². The Morgan fingerprint density at radius 3 is 2.04 bits per heavy atom. The first kappa shape index (κ1) is 20.6. The number of benzene rings is 2. The molecule has 0 aromatic heterocycles. The highest BCUT2D eigenvalue weighted by atomic mass is 16.5. The number of hydrogen-bond donors (Lipinski definition) is 0. The summed E-state index contributed by atoms with van der Waals surface area (Å²) in [6, 6.07) is 16.8. The third kappa shape index (κ3) is 5.47. The Kier molecular flexibility index (Phi) is 7.71. The molecule has 2 aromatic rings. The molecule has 0 N–H and O–H groups in total. The zero-order chi connectivity index (χ0) is 19.8. The zero-order valence-corrected chi connectivity index (χ0v) is 17.5. The zero-order valence-electron chi connectivity index (χ0n) is 17.5. The molecule has 1 aliphatic carbocycles. The van der Waals surface area contributed by atoms with Crippen molar-refractivity contribution in [1.29, 1.82) is 0 Å². The summed E-state index contributed by atoms with van der Waals surface area (Å²) >= 11 is 0. The summed E-state index contributed by atoms with van der Waals surface area (Å²) in [7, 11) is 0. The van der Waals surface area contributed by atoms with Crippen molar-refractivity contribution in [3.05, 3.63) is 59.7 Å². The number of ether oxygens (including phenoxy) is 1. The van der Waals surface area contributed by atoms with Gasteiger partial charge in [-0.2, -0.15) is 0 Å². The molecule has 0 unspecified atom stereocenters. The molecule has 0 atom stereocenters. The van der Waals surface area contributed by atoms with Crippen LogP contribution in [0.4, 0.5) is 0 Å². The van der Waals surface area contributed by atoms with Gasteiger partial charge in [0.05, 0.1) is 12.2 Å². The normalized spacial score (nSPS) is 19.4. The molecule has 28 heavy (non-hydrogen) atoms. The molecule has 0 radical (unpaired) electrons. The summed E-state index contributed by atoms with van der Waals surface area (Å²) in [5.74, 6) is 1.45. The molecule has 1 saturated carbocycles. The summed E-state index contributed by atoms with van der Waals surface area (Å²) < 4.78 is 5.28. The monoisotopic (exact) mass is 378 g/mol. The molecule has 2 aromatic carbocycles. The van der Waals surface area contributed by atoms with Gasteiger partial charge in [-0.05, 0) is 72.8 Å². The topological polar surface area (TPSA) is 26.3 Å². The van der Waals surface area contributed by atoms with E-state index in [1.165, 1.54) is 49.7 Å². The molecule has 0 amide bonds. The van der Waals surface area contributed by atoms with E-state index < -0.39 is 0 Å². The minimum Gasteiger partial charge on any atom is -0.462 e. The first-order valence-electron chi connectivity index (χ1n) is 11.1. The molecule has 0 heterocycles. The second-order valence-corrected chi connectivity index (χ2v) is 8.20. The molecular weight excluding hydrogens is 344 g/mol. The summed E-state index contributed by atoms with van der Waals surface area (Å²) in [5.41, 5.74) is 4.45. The van der Waals surface area contributed by atoms with Crippen LogP contribution in [-0.2, 0) is 4.74 Å². The highest BCUT2D eigenvalue weighted by molar-refractivity contribution is 5.90. The molecule has 2 heteroatoms. The van der Waals surface area contributed by atoms with Crippen LogP contribution in [0, 0.1) is 5.92 Å². The van der Waals surface area contributed by atoms with Crippen molar-refractivity contribution in [2.75, 3.05) is 6.61 Å². The van der Waals surface area contributed by atoms with Crippen LogP contribution in [-0.4, -0.2) is 12.6 Å². The third-order valence-corrected chi connectivity index (χ3v) is 6.11. The first-order chi connectivity index (χ1) is 13.7. The maximum atomic E-state index is 12.0. The SMILES string of the molecule is CCCCOC(=O)c1ccc(-c2ccc([C@H]3CC[C@H](CCC)CC3)cc2)cc1. The van der Waals surface area contributed by atoms with Crippen molar-refractivity contribution >= 4 is 5.97 Å². The number of carbonyl (C=O) groups is 1. The van der Waals surface area contributed by atoms with Crippen molar-refractivity contribution < 1.29 is 9.53 Å². The van der Waals surface area contributed by atoms with E-state index in [1.807, 2.05) is 24.3 Å². The van der Waals surface area contributed by atoms with Gasteiger partial charge in [-0.25, -0.2) is 4.79 Å². The van der Waals surface area contributed by atoms with Gasteiger partial charge in [0, 0.05) is 0 Å². The minimum atomic E-state index is -0.228. The number of carbonyl (C=O) groups excluding carboxylic acids is 1. The largest absolute Gasteiger partial charge is 0.462 e. The summed E-state index contributed by atoms with van der Waals surface area (Å²) in [6.07, 6.45) is 10.1. The van der Waals surface area contributed by atoms with Crippen LogP contribution in [0.3, 0.4) is 0 Å². The molecule has 0 spiro atoms. The van der Waals surface area contributed by atoms with Gasteiger partial charge < -0.3 is 4.74 Å². The summed E-state index contributed by atoms with van der Waals surface area (Å²) in [6.45, 7) is 4.89. The van der Waals surface area contributed by atoms with E-state index in [4.69, 9.17) is 4.74 Å². The van der Waals surface area contributed by atoms with E-state index in [1.54, 1.807) is 0 Å². The highest BCUT2D eigenvalue weighted by Gasteiger charge is 2.21. The van der Waals surface area contributed by atoms with Gasteiger partial charge in [-0.1, -0.05) is 69.5 Å². The Bertz CT molecular complexity index is 722. The van der Waals surface area contributed by atoms with Gasteiger partial charge in [0.1, 0.15) is 0 Å². The first-order valence-corrected chi connectivity index (χ1v) is 11.1. The predicted molar refractivity (Wildman–Crippen MR) is 117 cm³/mol. The van der Waals surface area contributed by atoms with Crippen molar-refractivity contribution in [3.8, 4) is 11.1 Å². The lowest BCUT2D eigenvalue weighted by atomic mass is 9.77. The number of rotatable bonds is 8. The van der Waals surface area contributed by atoms with E-state index in [9.17, 15) is 4.79 Å². The fraction of sp³-hybridized carbons (Fsp3) is 0.500. The van der Waals surface area contributed by atoms with Crippen molar-refractivity contribution in [1.82, 2.24) is 0 Å². The van der Waals surface area contributed by atoms with Crippen molar-refractivity contribution in [3.63, 3.8) is 0 Å². The van der Waals surface area contributed by atoms with Crippen LogP contribution in [0.2, 0.25) is 0 Å². The Balaban J connectivity index is 1.58. The van der Waals surface area contributed by atoms with Crippen LogP contribution < -0.4 is 0 Å². The van der Waals surface area contributed by atoms with Crippen LogP contribution in [0.25, 0.3) is 11.1 Å². The lowest BCUT2D eigenvalue weighted by Gasteiger charge is -2.28. The maximum absolute atomic E-state index is 12.0. The molecule has 1 aliphatic rings. The van der Waals surface area contributed by atoms with E-state index >= 15 is 0 Å². The van der Waals surface area contributed by atoms with Gasteiger partial charge in [-0.3, -0.25) is 0 Å². The van der Waals surface area contributed by atoms with Crippen molar-refractivity contribution in [2.24, 2.45) is 5.92 Å². The molecule has 1 fully saturated rings. The molecule has 150 valence electrons. The second kappa shape index (κ2) is 10.5. The minimum absolute atomic E-state index is 0.228. The fourth-order valence-electron chi connectivity index (χ4n) is 4.33. The molecule has 2 nitrogen and oxygen atoms in total. The molecule has 0 bridgehead atoms. The van der Waals surface area contributed by atoms with Gasteiger partial charge >= 0.3 is 5.97 Å². The van der Waals surface area contributed by atoms with Crippen LogP contribution >= 0.6 is 0 Å². The maximum Gasteiger partial charge on any atom is 0.338 e. The lowest BCUT2D eigenvalue weighted by molar-refractivity contribution is 0.0500. The average Bonchev–Trinajstić information content (AvgIpc) is 2.75. The molecule has 3 rings (SSSR count). The van der Waals surface area contributed by atoms with Crippen LogP contribution in [0.5, 0.6) is 0 Å². The van der Waals surface area contributed by atoms with Gasteiger partial charge in [0.25, 0.3) is 0 Å². The second-order valence-electron chi connectivity index (χ2n) is 8.20. The molecule has 0 aliphatic heterocycles. The molecule has 0 saturated heterocycles. The van der Waals surface area contributed by atoms with Crippen LogP contribution in [0.1, 0.15) is 87.1 Å². The van der Waals surface area contributed by atoms with Gasteiger partial charge in [0.2, 0.25) is 0 Å². The predicted octanol–water partition coefficient (Wildman–Crippen LogP) is 7.38. The number of unbranched alkanes of at least 4 members (excludes halogenated alkanes) is 1. The summed E-state index contributed by atoms with van der Waals surface area (Å²) in [5, 5.41) is 0. The smallest absolute Gasteiger partial charge is 0.338 e. The van der Waals surface area contributed by atoms with E-state index in [0.717, 1.165) is 30.2 Å². The number of esters is 1. The Labute approximate surface area is 170 Å². The van der Waals surface area contributed by atoms with E-state index in [-0.39, 0.29) is 5.97 Å². The number of hydrogen-bond acceptors (Lipinski definition) is 2. The van der Waals surface area contributed by atoms with E-state index in [2.05, 4.69) is 38.1 Å². The Morgan fingerprint density at radius 1 is 0.857 bits per heavy atom. The fourth-order valence-corrected chi connectivity index (χ4v) is 4.33. The lowest BCUT2D eigenvalue weighted by Crippen LogP contribution is -2.13. The third-order valence-electron chi connectivity index (χ3n) is 6.11. The molecular formula is C26H34O2. The average molecular weight is 379 g/mol. The summed E-state index contributed by atoms with van der Waals surface area (Å²) in [4.78, 5) is 12.0. The highest BCUT2D eigenvalue weighted by Crippen LogP contribution is 2.38. The van der Waals surface area contributed by atoms with Gasteiger partial charge in [-0.15, -0.1) is 0 Å².